The molecule has 1 saturated heterocycles. The molecule has 0 aromatic heterocycles. The highest BCUT2D eigenvalue weighted by Crippen LogP contribution is 2.21. The Bertz CT molecular complexity index is 615. The average Bonchev–Trinajstić information content (AvgIpc) is 2.79. The van der Waals surface area contributed by atoms with E-state index < -0.39 is 9.84 Å². The van der Waals surface area contributed by atoms with E-state index in [4.69, 9.17) is 11.6 Å². The third-order valence-electron chi connectivity index (χ3n) is 3.73. The summed E-state index contributed by atoms with van der Waals surface area (Å²) in [6, 6.07) is 6.59. The molecule has 1 aliphatic heterocycles. The fourth-order valence-electron chi connectivity index (χ4n) is 2.59. The number of rotatable bonds is 5. The Morgan fingerprint density at radius 3 is 2.76 bits per heavy atom. The van der Waals surface area contributed by atoms with Crippen LogP contribution in [0.15, 0.2) is 24.3 Å². The van der Waals surface area contributed by atoms with Gasteiger partial charge < -0.3 is 4.90 Å². The Labute approximate surface area is 131 Å². The largest absolute Gasteiger partial charge is 0.335 e. The quantitative estimate of drug-likeness (QED) is 0.834. The highest BCUT2D eigenvalue weighted by molar-refractivity contribution is 7.91. The van der Waals surface area contributed by atoms with Crippen molar-refractivity contribution in [3.05, 3.63) is 34.9 Å². The first kappa shape index (κ1) is 16.3. The highest BCUT2D eigenvalue weighted by atomic mass is 35.5. The Hall–Kier alpha value is -1.07. The van der Waals surface area contributed by atoms with Crippen LogP contribution in [0.3, 0.4) is 0 Å². The number of unbranched alkanes of at least 4 members (excludes halogenated alkanes) is 1. The van der Waals surface area contributed by atoms with Crippen LogP contribution in [0.2, 0.25) is 5.02 Å². The second-order valence-electron chi connectivity index (χ2n) is 5.42. The zero-order valence-corrected chi connectivity index (χ0v) is 13.7. The van der Waals surface area contributed by atoms with Crippen molar-refractivity contribution in [3.63, 3.8) is 0 Å². The molecule has 0 spiro atoms. The van der Waals surface area contributed by atoms with Gasteiger partial charge in [0.15, 0.2) is 9.84 Å². The van der Waals surface area contributed by atoms with Crippen molar-refractivity contribution in [2.75, 3.05) is 18.1 Å². The SMILES string of the molecule is CCCCN(C(=O)c1cccc(Cl)c1)C1CCS(=O)(=O)C1. The van der Waals surface area contributed by atoms with Gasteiger partial charge in [-0.15, -0.1) is 0 Å². The number of hydrogen-bond acceptors (Lipinski definition) is 3. The normalized spacial score (nSPS) is 20.4. The van der Waals surface area contributed by atoms with Crippen LogP contribution in [0.4, 0.5) is 0 Å². The molecule has 6 heteroatoms. The molecule has 0 bridgehead atoms. The summed E-state index contributed by atoms with van der Waals surface area (Å²) >= 11 is 5.94. The van der Waals surface area contributed by atoms with Crippen LogP contribution in [0.5, 0.6) is 0 Å². The topological polar surface area (TPSA) is 54.5 Å². The minimum Gasteiger partial charge on any atom is -0.335 e. The van der Waals surface area contributed by atoms with E-state index in [1.807, 2.05) is 6.92 Å². The molecule has 0 saturated carbocycles. The van der Waals surface area contributed by atoms with Crippen molar-refractivity contribution >= 4 is 27.3 Å². The van der Waals surface area contributed by atoms with Crippen LogP contribution >= 0.6 is 11.6 Å². The molecule has 1 atom stereocenters. The zero-order chi connectivity index (χ0) is 15.5. The molecule has 4 nitrogen and oxygen atoms in total. The van der Waals surface area contributed by atoms with Crippen LogP contribution in [-0.2, 0) is 9.84 Å². The maximum Gasteiger partial charge on any atom is 0.254 e. The Morgan fingerprint density at radius 1 is 1.43 bits per heavy atom. The van der Waals surface area contributed by atoms with E-state index in [-0.39, 0.29) is 23.5 Å². The number of benzene rings is 1. The van der Waals surface area contributed by atoms with E-state index in [0.717, 1.165) is 12.8 Å². The molecule has 0 N–H and O–H groups in total. The molecule has 21 heavy (non-hydrogen) atoms. The van der Waals surface area contributed by atoms with Gasteiger partial charge in [0.25, 0.3) is 5.91 Å². The molecule has 1 fully saturated rings. The van der Waals surface area contributed by atoms with Gasteiger partial charge in [0, 0.05) is 23.2 Å². The average molecular weight is 330 g/mol. The van der Waals surface area contributed by atoms with E-state index >= 15 is 0 Å². The van der Waals surface area contributed by atoms with E-state index in [2.05, 4.69) is 0 Å². The smallest absolute Gasteiger partial charge is 0.254 e. The van der Waals surface area contributed by atoms with Crippen molar-refractivity contribution < 1.29 is 13.2 Å². The molecule has 2 rings (SSSR count). The second kappa shape index (κ2) is 6.79. The zero-order valence-electron chi connectivity index (χ0n) is 12.1. The maximum atomic E-state index is 12.7. The third-order valence-corrected chi connectivity index (χ3v) is 5.72. The van der Waals surface area contributed by atoms with E-state index in [9.17, 15) is 13.2 Å². The van der Waals surface area contributed by atoms with Crippen LogP contribution in [0.25, 0.3) is 0 Å². The molecule has 1 aromatic rings. The predicted octanol–water partition coefficient (Wildman–Crippen LogP) is 2.77. The summed E-state index contributed by atoms with van der Waals surface area (Å²) in [6.45, 7) is 2.63. The number of hydrogen-bond donors (Lipinski definition) is 0. The first-order valence-corrected chi connectivity index (χ1v) is 9.40. The van der Waals surface area contributed by atoms with Gasteiger partial charge in [0.2, 0.25) is 0 Å². The summed E-state index contributed by atoms with van der Waals surface area (Å²) in [5, 5.41) is 0.510. The lowest BCUT2D eigenvalue weighted by molar-refractivity contribution is 0.0694. The molecular weight excluding hydrogens is 310 g/mol. The fraction of sp³-hybridized carbons (Fsp3) is 0.533. The number of halogens is 1. The minimum absolute atomic E-state index is 0.0724. The second-order valence-corrected chi connectivity index (χ2v) is 8.08. The number of nitrogens with zero attached hydrogens (tertiary/aromatic N) is 1. The first-order chi connectivity index (χ1) is 9.93. The predicted molar refractivity (Wildman–Crippen MR) is 84.5 cm³/mol. The van der Waals surface area contributed by atoms with E-state index in [1.165, 1.54) is 0 Å². The van der Waals surface area contributed by atoms with Crippen molar-refractivity contribution in [2.24, 2.45) is 0 Å². The molecular formula is C15H20ClNO3S. The van der Waals surface area contributed by atoms with Crippen LogP contribution in [-0.4, -0.2) is 43.3 Å². The van der Waals surface area contributed by atoms with Gasteiger partial charge in [-0.1, -0.05) is 31.0 Å². The standard InChI is InChI=1S/C15H20ClNO3S/c1-2-3-8-17(14-7-9-21(19,20)11-14)15(18)12-5-4-6-13(16)10-12/h4-6,10,14H,2-3,7-9,11H2,1H3. The molecule has 0 radical (unpaired) electrons. The van der Waals surface area contributed by atoms with Crippen LogP contribution < -0.4 is 0 Å². The van der Waals surface area contributed by atoms with Gasteiger partial charge in [-0.3, -0.25) is 4.79 Å². The Balaban J connectivity index is 2.21. The van der Waals surface area contributed by atoms with Gasteiger partial charge in [-0.25, -0.2) is 8.42 Å². The Kier molecular flexibility index (Phi) is 5.27. The molecule has 1 amide bonds. The summed E-state index contributed by atoms with van der Waals surface area (Å²) < 4.78 is 23.3. The maximum absolute atomic E-state index is 12.7. The molecule has 1 aliphatic rings. The molecule has 0 aliphatic carbocycles. The lowest BCUT2D eigenvalue weighted by atomic mass is 10.1. The third kappa shape index (κ3) is 4.20. The van der Waals surface area contributed by atoms with E-state index in [0.29, 0.717) is 23.6 Å². The summed E-state index contributed by atoms with van der Waals surface area (Å²) in [7, 11) is -3.01. The fourth-order valence-corrected chi connectivity index (χ4v) is 4.51. The number of sulfone groups is 1. The van der Waals surface area contributed by atoms with Crippen LogP contribution in [0.1, 0.15) is 36.5 Å². The monoisotopic (exact) mass is 329 g/mol. The Morgan fingerprint density at radius 2 is 2.19 bits per heavy atom. The minimum atomic E-state index is -3.01. The van der Waals surface area contributed by atoms with Crippen molar-refractivity contribution in [3.8, 4) is 0 Å². The van der Waals surface area contributed by atoms with Gasteiger partial charge in [0.05, 0.1) is 11.5 Å². The molecule has 1 aromatic carbocycles. The van der Waals surface area contributed by atoms with E-state index in [1.54, 1.807) is 29.2 Å². The molecule has 116 valence electrons. The van der Waals surface area contributed by atoms with Crippen molar-refractivity contribution in [2.45, 2.75) is 32.2 Å². The lowest BCUT2D eigenvalue weighted by Crippen LogP contribution is -2.41. The number of amides is 1. The van der Waals surface area contributed by atoms with Crippen molar-refractivity contribution in [1.29, 1.82) is 0 Å². The van der Waals surface area contributed by atoms with Gasteiger partial charge in [0.1, 0.15) is 0 Å². The molecule has 1 unspecified atom stereocenters. The van der Waals surface area contributed by atoms with Gasteiger partial charge in [-0.2, -0.15) is 0 Å². The summed E-state index contributed by atoms with van der Waals surface area (Å²) in [5.41, 5.74) is 0.517. The highest BCUT2D eigenvalue weighted by Gasteiger charge is 2.34. The van der Waals surface area contributed by atoms with Gasteiger partial charge >= 0.3 is 0 Å². The number of carbonyl (C=O) groups is 1. The lowest BCUT2D eigenvalue weighted by Gasteiger charge is -2.28. The van der Waals surface area contributed by atoms with Gasteiger partial charge in [-0.05, 0) is 31.0 Å². The summed E-state index contributed by atoms with van der Waals surface area (Å²) in [4.78, 5) is 14.4. The summed E-state index contributed by atoms with van der Waals surface area (Å²) in [6.07, 6.45) is 2.35. The summed E-state index contributed by atoms with van der Waals surface area (Å²) in [5.74, 6) is 0.111. The molecule has 1 heterocycles. The first-order valence-electron chi connectivity index (χ1n) is 7.20. The van der Waals surface area contributed by atoms with Crippen molar-refractivity contribution in [1.82, 2.24) is 4.90 Å². The number of carbonyl (C=O) groups excluding carboxylic acids is 1. The van der Waals surface area contributed by atoms with Crippen LogP contribution in [0, 0.1) is 0 Å².